The third-order valence-electron chi connectivity index (χ3n) is 3.34. The maximum atomic E-state index is 9.40. The summed E-state index contributed by atoms with van der Waals surface area (Å²) in [5, 5.41) is 22.4. The van der Waals surface area contributed by atoms with Crippen LogP contribution in [0.2, 0.25) is 0 Å². The summed E-state index contributed by atoms with van der Waals surface area (Å²) in [6.07, 6.45) is 3.54. The highest BCUT2D eigenvalue weighted by molar-refractivity contribution is 7.99. The van der Waals surface area contributed by atoms with E-state index in [1.165, 1.54) is 0 Å². The van der Waals surface area contributed by atoms with E-state index >= 15 is 0 Å². The van der Waals surface area contributed by atoms with Gasteiger partial charge in [0.05, 0.1) is 12.2 Å². The Morgan fingerprint density at radius 3 is 2.50 bits per heavy atom. The van der Waals surface area contributed by atoms with E-state index in [2.05, 4.69) is 25.2 Å². The zero-order chi connectivity index (χ0) is 14.0. The van der Waals surface area contributed by atoms with E-state index in [9.17, 15) is 10.4 Å². The van der Waals surface area contributed by atoms with Crippen molar-refractivity contribution in [2.75, 3.05) is 12.3 Å². The van der Waals surface area contributed by atoms with Crippen LogP contribution in [0.1, 0.15) is 53.4 Å². The van der Waals surface area contributed by atoms with Crippen LogP contribution in [0.25, 0.3) is 0 Å². The Hall–Kier alpha value is -0.240. The van der Waals surface area contributed by atoms with Crippen LogP contribution in [0.3, 0.4) is 0 Å². The molecule has 0 aliphatic carbocycles. The third-order valence-corrected chi connectivity index (χ3v) is 4.78. The summed E-state index contributed by atoms with van der Waals surface area (Å²) in [4.78, 5) is 0. The normalized spacial score (nSPS) is 17.8. The average molecular weight is 272 g/mol. The maximum Gasteiger partial charge on any atom is 0.106 e. The summed E-state index contributed by atoms with van der Waals surface area (Å²) < 4.78 is 0. The van der Waals surface area contributed by atoms with Crippen LogP contribution >= 0.6 is 11.8 Å². The van der Waals surface area contributed by atoms with E-state index in [-0.39, 0.29) is 16.9 Å². The molecule has 0 heterocycles. The molecule has 0 bridgehead atoms. The monoisotopic (exact) mass is 272 g/mol. The SMILES string of the molecule is CCCNC(C#N)(CC)CCCSC(C)C(C)O. The first-order chi connectivity index (χ1) is 8.51. The van der Waals surface area contributed by atoms with Crippen molar-refractivity contribution < 1.29 is 5.11 Å². The van der Waals surface area contributed by atoms with Gasteiger partial charge in [-0.3, -0.25) is 5.32 Å². The van der Waals surface area contributed by atoms with Crippen molar-refractivity contribution in [2.45, 2.75) is 70.3 Å². The molecule has 0 aromatic rings. The van der Waals surface area contributed by atoms with Crippen LogP contribution in [0.4, 0.5) is 0 Å². The molecule has 0 radical (unpaired) electrons. The Labute approximate surface area is 116 Å². The van der Waals surface area contributed by atoms with E-state index in [1.54, 1.807) is 11.8 Å². The minimum Gasteiger partial charge on any atom is -0.392 e. The van der Waals surface area contributed by atoms with Crippen LogP contribution in [-0.4, -0.2) is 34.3 Å². The molecule has 0 amide bonds. The van der Waals surface area contributed by atoms with Gasteiger partial charge in [-0.05, 0) is 44.9 Å². The van der Waals surface area contributed by atoms with Gasteiger partial charge in [-0.15, -0.1) is 0 Å². The highest BCUT2D eigenvalue weighted by Crippen LogP contribution is 2.21. The molecule has 3 unspecified atom stereocenters. The Bertz CT molecular complexity index is 253. The predicted octanol–water partition coefficient (Wildman–Crippen LogP) is 2.94. The highest BCUT2D eigenvalue weighted by Gasteiger charge is 2.26. The van der Waals surface area contributed by atoms with Crippen molar-refractivity contribution in [2.24, 2.45) is 0 Å². The van der Waals surface area contributed by atoms with E-state index in [4.69, 9.17) is 0 Å². The molecular formula is C14H28N2OS. The van der Waals surface area contributed by atoms with Crippen molar-refractivity contribution in [3.63, 3.8) is 0 Å². The van der Waals surface area contributed by atoms with Gasteiger partial charge in [0.2, 0.25) is 0 Å². The van der Waals surface area contributed by atoms with E-state index in [0.29, 0.717) is 0 Å². The fourth-order valence-corrected chi connectivity index (χ4v) is 2.67. The quantitative estimate of drug-likeness (QED) is 0.600. The summed E-state index contributed by atoms with van der Waals surface area (Å²) in [5.41, 5.74) is -0.357. The van der Waals surface area contributed by atoms with Gasteiger partial charge in [0.25, 0.3) is 0 Å². The minimum atomic E-state index is -0.357. The molecule has 0 saturated heterocycles. The molecule has 0 aromatic carbocycles. The van der Waals surface area contributed by atoms with Crippen LogP contribution in [0, 0.1) is 11.3 Å². The number of thioether (sulfide) groups is 1. The van der Waals surface area contributed by atoms with Crippen LogP contribution < -0.4 is 5.32 Å². The molecule has 0 saturated carbocycles. The molecule has 0 aromatic heterocycles. The van der Waals surface area contributed by atoms with Gasteiger partial charge in [-0.1, -0.05) is 20.8 Å². The molecule has 18 heavy (non-hydrogen) atoms. The molecule has 0 fully saturated rings. The van der Waals surface area contributed by atoms with E-state index in [1.807, 2.05) is 13.8 Å². The summed E-state index contributed by atoms with van der Waals surface area (Å²) >= 11 is 1.78. The second-order valence-corrected chi connectivity index (χ2v) is 6.38. The van der Waals surface area contributed by atoms with Gasteiger partial charge < -0.3 is 5.11 Å². The second kappa shape index (κ2) is 9.66. The molecule has 0 spiro atoms. The summed E-state index contributed by atoms with van der Waals surface area (Å²) in [7, 11) is 0. The van der Waals surface area contributed by atoms with Crippen molar-refractivity contribution in [3.05, 3.63) is 0 Å². The molecule has 0 aliphatic rings. The standard InChI is InChI=1S/C14H28N2OS/c1-5-9-16-14(6-2,11-15)8-7-10-18-13(4)12(3)17/h12-13,16-17H,5-10H2,1-4H3. The van der Waals surface area contributed by atoms with Crippen LogP contribution in [-0.2, 0) is 0 Å². The summed E-state index contributed by atoms with van der Waals surface area (Å²) in [6, 6.07) is 2.44. The first-order valence-electron chi connectivity index (χ1n) is 6.97. The molecule has 2 N–H and O–H groups in total. The molecular weight excluding hydrogens is 244 g/mol. The lowest BCUT2D eigenvalue weighted by Gasteiger charge is -2.26. The molecule has 3 nitrogen and oxygen atoms in total. The van der Waals surface area contributed by atoms with Gasteiger partial charge in [0, 0.05) is 5.25 Å². The van der Waals surface area contributed by atoms with Gasteiger partial charge >= 0.3 is 0 Å². The number of nitriles is 1. The maximum absolute atomic E-state index is 9.40. The smallest absolute Gasteiger partial charge is 0.106 e. The average Bonchev–Trinajstić information content (AvgIpc) is 2.38. The van der Waals surface area contributed by atoms with Crippen molar-refractivity contribution in [1.82, 2.24) is 5.32 Å². The fraction of sp³-hybridized carbons (Fsp3) is 0.929. The number of aliphatic hydroxyl groups excluding tert-OH is 1. The fourth-order valence-electron chi connectivity index (χ4n) is 1.71. The van der Waals surface area contributed by atoms with Crippen molar-refractivity contribution in [1.29, 1.82) is 5.26 Å². The number of rotatable bonds is 10. The molecule has 4 heteroatoms. The van der Waals surface area contributed by atoms with Crippen LogP contribution in [0.15, 0.2) is 0 Å². The van der Waals surface area contributed by atoms with Gasteiger partial charge in [0.1, 0.15) is 5.54 Å². The zero-order valence-corrected chi connectivity index (χ0v) is 13.0. The Balaban J connectivity index is 4.01. The number of nitrogens with zero attached hydrogens (tertiary/aromatic N) is 1. The van der Waals surface area contributed by atoms with Gasteiger partial charge in [0.15, 0.2) is 0 Å². The molecule has 0 rings (SSSR count). The largest absolute Gasteiger partial charge is 0.392 e. The number of hydrogen-bond acceptors (Lipinski definition) is 4. The highest BCUT2D eigenvalue weighted by atomic mass is 32.2. The first kappa shape index (κ1) is 17.8. The molecule has 106 valence electrons. The molecule has 0 aliphatic heterocycles. The lowest BCUT2D eigenvalue weighted by Crippen LogP contribution is -2.43. The van der Waals surface area contributed by atoms with Crippen molar-refractivity contribution >= 4 is 11.8 Å². The number of hydrogen-bond donors (Lipinski definition) is 2. The van der Waals surface area contributed by atoms with E-state index in [0.717, 1.165) is 38.0 Å². The Kier molecular flexibility index (Phi) is 9.53. The summed E-state index contributed by atoms with van der Waals surface area (Å²) in [6.45, 7) is 8.95. The van der Waals surface area contributed by atoms with Gasteiger partial charge in [-0.25, -0.2) is 0 Å². The Morgan fingerprint density at radius 1 is 1.39 bits per heavy atom. The number of aliphatic hydroxyl groups is 1. The molecule has 3 atom stereocenters. The van der Waals surface area contributed by atoms with E-state index < -0.39 is 0 Å². The number of nitrogens with one attached hydrogen (secondary N) is 1. The Morgan fingerprint density at radius 2 is 2.06 bits per heavy atom. The van der Waals surface area contributed by atoms with Gasteiger partial charge in [-0.2, -0.15) is 17.0 Å². The third kappa shape index (κ3) is 6.63. The second-order valence-electron chi connectivity index (χ2n) is 4.89. The lowest BCUT2D eigenvalue weighted by molar-refractivity contribution is 0.196. The lowest BCUT2D eigenvalue weighted by atomic mass is 9.92. The topological polar surface area (TPSA) is 56.0 Å². The summed E-state index contributed by atoms with van der Waals surface area (Å²) in [5.74, 6) is 1.00. The van der Waals surface area contributed by atoms with Crippen LogP contribution in [0.5, 0.6) is 0 Å². The predicted molar refractivity (Wildman–Crippen MR) is 79.8 cm³/mol. The first-order valence-corrected chi connectivity index (χ1v) is 8.02. The van der Waals surface area contributed by atoms with Crippen molar-refractivity contribution in [3.8, 4) is 6.07 Å². The minimum absolute atomic E-state index is 0.264. The zero-order valence-electron chi connectivity index (χ0n) is 12.2.